The molecule has 176 valence electrons. The quantitative estimate of drug-likeness (QED) is 0.216. The third kappa shape index (κ3) is 7.23. The number of nitro groups is 1. The summed E-state index contributed by atoms with van der Waals surface area (Å²) in [5.41, 5.74) is 0.339. The van der Waals surface area contributed by atoms with Crippen LogP contribution in [0.2, 0.25) is 0 Å². The number of nitro benzene ring substituents is 1. The van der Waals surface area contributed by atoms with Gasteiger partial charge in [-0.3, -0.25) is 19.7 Å². The Hall–Kier alpha value is -3.14. The molecule has 0 aromatic heterocycles. The number of rotatable bonds is 11. The molecule has 0 amide bonds. The monoisotopic (exact) mass is 450 g/mol. The highest BCUT2D eigenvalue weighted by molar-refractivity contribution is 6.34. The zero-order chi connectivity index (χ0) is 24.1. The molecule has 0 spiro atoms. The number of nitrogens with zero attached hydrogens (tertiary/aromatic N) is 2. The summed E-state index contributed by atoms with van der Waals surface area (Å²) < 4.78 is 9.90. The summed E-state index contributed by atoms with van der Waals surface area (Å²) >= 11 is 0. The van der Waals surface area contributed by atoms with Crippen molar-refractivity contribution < 1.29 is 33.6 Å². The Kier molecular flexibility index (Phi) is 11.8. The van der Waals surface area contributed by atoms with E-state index in [0.29, 0.717) is 18.8 Å². The van der Waals surface area contributed by atoms with Crippen molar-refractivity contribution in [3.63, 3.8) is 0 Å². The van der Waals surface area contributed by atoms with Crippen LogP contribution < -0.4 is 4.90 Å². The summed E-state index contributed by atoms with van der Waals surface area (Å²) in [5, 5.41) is 12.0. The molecule has 0 bridgehead atoms. The summed E-state index contributed by atoms with van der Waals surface area (Å²) in [6.45, 7) is 6.64. The average Bonchev–Trinajstić information content (AvgIpc) is 2.82. The number of ketones is 2. The van der Waals surface area contributed by atoms with Gasteiger partial charge in [-0.1, -0.05) is 12.1 Å². The van der Waals surface area contributed by atoms with Crippen molar-refractivity contribution >= 4 is 35.7 Å². The van der Waals surface area contributed by atoms with Gasteiger partial charge in [0.15, 0.2) is 5.78 Å². The van der Waals surface area contributed by atoms with Crippen LogP contribution in [0.15, 0.2) is 18.2 Å². The Labute approximate surface area is 187 Å². The molecule has 1 unspecified atom stereocenters. The maximum atomic E-state index is 12.8. The number of hydrogen-bond acceptors (Lipinski definition) is 9. The molecule has 1 aromatic rings. The second kappa shape index (κ2) is 14.0. The normalized spacial score (nSPS) is 14.0. The summed E-state index contributed by atoms with van der Waals surface area (Å²) in [6, 6.07) is 4.77. The number of ether oxygens (including phenoxy) is 2. The topological polar surface area (TPSA) is 133 Å². The molecule has 32 heavy (non-hydrogen) atoms. The minimum Gasteiger partial charge on any atom is -0.460 e. The third-order valence-electron chi connectivity index (χ3n) is 5.03. The fourth-order valence-corrected chi connectivity index (χ4v) is 3.60. The number of esters is 1. The Morgan fingerprint density at radius 2 is 1.78 bits per heavy atom. The van der Waals surface area contributed by atoms with Gasteiger partial charge in [0.1, 0.15) is 19.1 Å². The third-order valence-corrected chi connectivity index (χ3v) is 5.03. The Bertz CT molecular complexity index is 805. The van der Waals surface area contributed by atoms with Crippen molar-refractivity contribution in [2.45, 2.75) is 45.4 Å². The summed E-state index contributed by atoms with van der Waals surface area (Å²) in [4.78, 5) is 58.4. The summed E-state index contributed by atoms with van der Waals surface area (Å²) in [7, 11) is 0. The van der Waals surface area contributed by atoms with Gasteiger partial charge in [0.25, 0.3) is 5.69 Å². The molecule has 1 atom stereocenters. The fraction of sp³-hybridized carbons (Fsp3) is 0.545. The molecule has 0 radical (unpaired) electrons. The highest BCUT2D eigenvalue weighted by atomic mass is 16.6. The lowest BCUT2D eigenvalue weighted by Gasteiger charge is -2.29. The van der Waals surface area contributed by atoms with E-state index in [1.807, 2.05) is 11.7 Å². The van der Waals surface area contributed by atoms with Crippen molar-refractivity contribution in [2.75, 3.05) is 37.8 Å². The zero-order valence-electron chi connectivity index (χ0n) is 18.5. The van der Waals surface area contributed by atoms with E-state index in [1.165, 1.54) is 6.07 Å². The van der Waals surface area contributed by atoms with Crippen LogP contribution in [-0.2, 0) is 28.7 Å². The zero-order valence-corrected chi connectivity index (χ0v) is 18.5. The van der Waals surface area contributed by atoms with Crippen LogP contribution in [0.4, 0.5) is 11.4 Å². The van der Waals surface area contributed by atoms with E-state index in [2.05, 4.69) is 0 Å². The molecular formula is C22H30N2O8. The first-order chi connectivity index (χ1) is 15.4. The molecule has 0 saturated carbocycles. The van der Waals surface area contributed by atoms with E-state index in [0.717, 1.165) is 19.3 Å². The van der Waals surface area contributed by atoms with Gasteiger partial charge < -0.3 is 19.2 Å². The van der Waals surface area contributed by atoms with E-state index in [1.54, 1.807) is 26.0 Å². The smallest absolute Gasteiger partial charge is 0.374 e. The van der Waals surface area contributed by atoms with Gasteiger partial charge in [-0.25, -0.2) is 4.79 Å². The van der Waals surface area contributed by atoms with Crippen LogP contribution >= 0.6 is 0 Å². The lowest BCUT2D eigenvalue weighted by Crippen LogP contribution is -2.31. The van der Waals surface area contributed by atoms with Crippen LogP contribution in [0.25, 0.3) is 0 Å². The molecule has 10 nitrogen and oxygen atoms in total. The maximum Gasteiger partial charge on any atom is 0.374 e. The van der Waals surface area contributed by atoms with Crippen LogP contribution in [0.3, 0.4) is 0 Å². The number of carbonyl (C=O) groups excluding carboxylic acids is 4. The highest BCUT2D eigenvalue weighted by Crippen LogP contribution is 2.38. The number of hydrogen-bond donors (Lipinski definition) is 0. The van der Waals surface area contributed by atoms with Gasteiger partial charge in [0, 0.05) is 31.7 Å². The van der Waals surface area contributed by atoms with Crippen LogP contribution in [0.5, 0.6) is 0 Å². The van der Waals surface area contributed by atoms with Gasteiger partial charge in [-0.2, -0.15) is 0 Å². The predicted molar refractivity (Wildman–Crippen MR) is 117 cm³/mol. The van der Waals surface area contributed by atoms with Crippen molar-refractivity contribution in [3.05, 3.63) is 33.9 Å². The molecule has 1 heterocycles. The lowest BCUT2D eigenvalue weighted by atomic mass is 9.88. The van der Waals surface area contributed by atoms with Crippen LogP contribution in [0, 0.1) is 10.1 Å². The van der Waals surface area contributed by atoms with Gasteiger partial charge in [0.05, 0.1) is 17.4 Å². The minimum atomic E-state index is -1.17. The number of anilines is 1. The van der Waals surface area contributed by atoms with E-state index in [9.17, 15) is 24.5 Å². The Morgan fingerprint density at radius 1 is 1.12 bits per heavy atom. The molecular weight excluding hydrogens is 420 g/mol. The SMILES string of the molecule is C=O.CCOCC(=O)C(CC(=O)C(=O)OCC)c1cccc(N2CCCCC2)c1[N+](=O)[O-]. The number of piperidine rings is 1. The van der Waals surface area contributed by atoms with E-state index in [4.69, 9.17) is 14.3 Å². The van der Waals surface area contributed by atoms with Crippen LogP contribution in [0.1, 0.15) is 51.0 Å². The second-order valence-corrected chi connectivity index (χ2v) is 7.02. The van der Waals surface area contributed by atoms with Gasteiger partial charge in [-0.15, -0.1) is 0 Å². The average molecular weight is 450 g/mol. The van der Waals surface area contributed by atoms with Crippen molar-refractivity contribution in [3.8, 4) is 0 Å². The molecule has 1 aliphatic heterocycles. The second-order valence-electron chi connectivity index (χ2n) is 7.02. The lowest BCUT2D eigenvalue weighted by molar-refractivity contribution is -0.384. The van der Waals surface area contributed by atoms with E-state index in [-0.39, 0.29) is 31.1 Å². The maximum absolute atomic E-state index is 12.8. The van der Waals surface area contributed by atoms with Gasteiger partial charge >= 0.3 is 5.97 Å². The molecule has 1 aromatic carbocycles. The standard InChI is InChI=1S/C21H28N2O7.CH2O/c1-3-29-14-19(25)16(13-18(24)21(26)30-4-2)15-9-8-10-17(20(15)23(27)28)22-11-6-5-7-12-22;1-2/h8-10,16H,3-7,11-14H2,1-2H3;1H2. The largest absolute Gasteiger partial charge is 0.460 e. The first-order valence-corrected chi connectivity index (χ1v) is 10.5. The van der Waals surface area contributed by atoms with Gasteiger partial charge in [-0.05, 0) is 39.2 Å². The minimum absolute atomic E-state index is 0.0206. The van der Waals surface area contributed by atoms with Crippen molar-refractivity contribution in [1.82, 2.24) is 0 Å². The molecule has 0 N–H and O–H groups in total. The Balaban J connectivity index is 0.00000249. The summed E-state index contributed by atoms with van der Waals surface area (Å²) in [5.74, 6) is -3.61. The fourth-order valence-electron chi connectivity index (χ4n) is 3.60. The molecule has 0 aliphatic carbocycles. The predicted octanol–water partition coefficient (Wildman–Crippen LogP) is 2.61. The number of para-hydroxylation sites is 1. The van der Waals surface area contributed by atoms with Crippen molar-refractivity contribution in [1.29, 1.82) is 0 Å². The number of carbonyl (C=O) groups is 4. The van der Waals surface area contributed by atoms with E-state index < -0.39 is 34.8 Å². The molecule has 2 rings (SSSR count). The Morgan fingerprint density at radius 3 is 2.34 bits per heavy atom. The highest BCUT2D eigenvalue weighted by Gasteiger charge is 2.35. The summed E-state index contributed by atoms with van der Waals surface area (Å²) in [6.07, 6.45) is 2.41. The molecule has 10 heteroatoms. The molecule has 1 fully saturated rings. The first-order valence-electron chi connectivity index (χ1n) is 10.5. The van der Waals surface area contributed by atoms with Gasteiger partial charge in [0.2, 0.25) is 5.78 Å². The number of benzene rings is 1. The first kappa shape index (κ1) is 26.9. The molecule has 1 saturated heterocycles. The van der Waals surface area contributed by atoms with Crippen molar-refractivity contribution in [2.24, 2.45) is 0 Å². The van der Waals surface area contributed by atoms with Crippen LogP contribution in [-0.4, -0.2) is 62.2 Å². The van der Waals surface area contributed by atoms with E-state index >= 15 is 0 Å². The number of Topliss-reactive ketones (excluding diaryl/α,β-unsaturated/α-hetero) is 2. The molecule has 1 aliphatic rings.